The van der Waals surface area contributed by atoms with Crippen molar-refractivity contribution in [3.8, 4) is 17.6 Å². The number of aliphatic hydroxyl groups excluding tert-OH is 1. The summed E-state index contributed by atoms with van der Waals surface area (Å²) in [5.74, 6) is 6.02. The van der Waals surface area contributed by atoms with Crippen LogP contribution in [0.2, 0.25) is 0 Å². The summed E-state index contributed by atoms with van der Waals surface area (Å²) in [7, 11) is 1.57. The van der Waals surface area contributed by atoms with Crippen molar-refractivity contribution in [2.75, 3.05) is 13.7 Å². The summed E-state index contributed by atoms with van der Waals surface area (Å²) in [5.41, 5.74) is 0.841. The van der Waals surface area contributed by atoms with Crippen LogP contribution in [0.25, 0.3) is 0 Å². The van der Waals surface area contributed by atoms with Gasteiger partial charge in [0.05, 0.1) is 18.5 Å². The summed E-state index contributed by atoms with van der Waals surface area (Å²) in [6, 6.07) is 3.59. The predicted octanol–water partition coefficient (Wildman–Crippen LogP) is 2.09. The van der Waals surface area contributed by atoms with E-state index in [-0.39, 0.29) is 12.5 Å². The minimum atomic E-state index is -0.170. The number of methoxy groups -OCH3 is 1. The van der Waals surface area contributed by atoms with Crippen LogP contribution in [-0.2, 0) is 6.54 Å². The Kier molecular flexibility index (Phi) is 5.18. The fourth-order valence-electron chi connectivity index (χ4n) is 1.52. The summed E-state index contributed by atoms with van der Waals surface area (Å²) in [4.78, 5) is 13.6. The van der Waals surface area contributed by atoms with Crippen LogP contribution in [0.4, 0.5) is 0 Å². The molecule has 1 amide bonds. The van der Waals surface area contributed by atoms with Crippen molar-refractivity contribution in [3.05, 3.63) is 38.2 Å². The lowest BCUT2D eigenvalue weighted by molar-refractivity contribution is 0.0955. The second-order valence-corrected chi connectivity index (χ2v) is 5.66. The monoisotopic (exact) mass is 307 g/mol. The standard InChI is InChI=1S/C14H13NO3S2/c1-18-11-7-12(20-9-11)14(17)15-8-13-10(3-2-5-16)4-6-19-13/h4,6-7,9,16H,5,8H2,1H3,(H,15,17). The molecule has 2 aromatic heterocycles. The Morgan fingerprint density at radius 3 is 3.05 bits per heavy atom. The number of aliphatic hydroxyl groups is 1. The average Bonchev–Trinajstić information content (AvgIpc) is 3.11. The average molecular weight is 307 g/mol. The van der Waals surface area contributed by atoms with Crippen molar-refractivity contribution in [2.24, 2.45) is 0 Å². The third-order valence-electron chi connectivity index (χ3n) is 2.49. The van der Waals surface area contributed by atoms with Crippen molar-refractivity contribution < 1.29 is 14.6 Å². The molecule has 0 saturated carbocycles. The Balaban J connectivity index is 1.98. The maximum atomic E-state index is 12.0. The Morgan fingerprint density at radius 2 is 2.35 bits per heavy atom. The molecule has 0 bridgehead atoms. The Bertz CT molecular complexity index is 649. The first kappa shape index (κ1) is 14.6. The zero-order valence-electron chi connectivity index (χ0n) is 10.8. The van der Waals surface area contributed by atoms with Crippen molar-refractivity contribution in [3.63, 3.8) is 0 Å². The summed E-state index contributed by atoms with van der Waals surface area (Å²) in [5, 5.41) is 15.3. The smallest absolute Gasteiger partial charge is 0.261 e. The van der Waals surface area contributed by atoms with Gasteiger partial charge in [0.25, 0.3) is 5.91 Å². The van der Waals surface area contributed by atoms with E-state index in [9.17, 15) is 4.79 Å². The molecule has 0 spiro atoms. The van der Waals surface area contributed by atoms with Crippen LogP contribution >= 0.6 is 22.7 Å². The molecule has 0 radical (unpaired) electrons. The van der Waals surface area contributed by atoms with Crippen molar-refractivity contribution in [1.29, 1.82) is 0 Å². The number of thiophene rings is 2. The molecular weight excluding hydrogens is 294 g/mol. The molecule has 104 valence electrons. The Hall–Kier alpha value is -1.81. The molecule has 0 fully saturated rings. The van der Waals surface area contributed by atoms with Gasteiger partial charge in [-0.1, -0.05) is 11.8 Å². The van der Waals surface area contributed by atoms with E-state index in [1.54, 1.807) is 18.6 Å². The molecule has 0 aliphatic heterocycles. The third kappa shape index (κ3) is 3.61. The molecule has 20 heavy (non-hydrogen) atoms. The molecule has 0 saturated heterocycles. The minimum absolute atomic E-state index is 0.132. The lowest BCUT2D eigenvalue weighted by Gasteiger charge is -2.02. The number of nitrogens with one attached hydrogen (secondary N) is 1. The van der Waals surface area contributed by atoms with E-state index in [1.807, 2.05) is 11.4 Å². The molecule has 0 unspecified atom stereocenters. The Labute approximate surface area is 125 Å². The SMILES string of the molecule is COc1csc(C(=O)NCc2sccc2C#CCO)c1. The first-order valence-corrected chi connectivity index (χ1v) is 7.57. The second kappa shape index (κ2) is 7.10. The number of ether oxygens (including phenoxy) is 1. The van der Waals surface area contributed by atoms with Crippen LogP contribution in [0.5, 0.6) is 5.75 Å². The molecular formula is C14H13NO3S2. The molecule has 0 aromatic carbocycles. The second-order valence-electron chi connectivity index (χ2n) is 3.75. The predicted molar refractivity (Wildman–Crippen MR) is 80.3 cm³/mol. The normalized spacial score (nSPS) is 9.70. The highest BCUT2D eigenvalue weighted by Crippen LogP contribution is 2.21. The van der Waals surface area contributed by atoms with Crippen LogP contribution in [0.15, 0.2) is 22.9 Å². The topological polar surface area (TPSA) is 58.6 Å². The number of carbonyl (C=O) groups excluding carboxylic acids is 1. The van der Waals surface area contributed by atoms with Gasteiger partial charge >= 0.3 is 0 Å². The fraction of sp³-hybridized carbons (Fsp3) is 0.214. The van der Waals surface area contributed by atoms with Crippen LogP contribution in [0.3, 0.4) is 0 Å². The van der Waals surface area contributed by atoms with Crippen LogP contribution in [0.1, 0.15) is 20.1 Å². The van der Waals surface area contributed by atoms with Crippen LogP contribution in [0, 0.1) is 11.8 Å². The number of hydrogen-bond acceptors (Lipinski definition) is 5. The van der Waals surface area contributed by atoms with Crippen molar-refractivity contribution in [2.45, 2.75) is 6.54 Å². The summed E-state index contributed by atoms with van der Waals surface area (Å²) < 4.78 is 5.05. The molecule has 6 heteroatoms. The van der Waals surface area contributed by atoms with E-state index in [4.69, 9.17) is 9.84 Å². The molecule has 2 aromatic rings. The molecule has 2 rings (SSSR count). The molecule has 2 N–H and O–H groups in total. The van der Waals surface area contributed by atoms with Gasteiger partial charge in [-0.15, -0.1) is 22.7 Å². The van der Waals surface area contributed by atoms with Gasteiger partial charge in [0.2, 0.25) is 0 Å². The van der Waals surface area contributed by atoms with E-state index in [0.717, 1.165) is 10.4 Å². The number of carbonyl (C=O) groups is 1. The Morgan fingerprint density at radius 1 is 1.50 bits per heavy atom. The van der Waals surface area contributed by atoms with Gasteiger partial charge in [-0.2, -0.15) is 0 Å². The highest BCUT2D eigenvalue weighted by Gasteiger charge is 2.10. The maximum Gasteiger partial charge on any atom is 0.261 e. The number of rotatable bonds is 4. The third-order valence-corrected chi connectivity index (χ3v) is 4.32. The molecule has 2 heterocycles. The first-order chi connectivity index (χ1) is 9.74. The largest absolute Gasteiger partial charge is 0.496 e. The highest BCUT2D eigenvalue weighted by molar-refractivity contribution is 7.12. The molecule has 0 atom stereocenters. The molecule has 0 aliphatic carbocycles. The van der Waals surface area contributed by atoms with Gasteiger partial charge in [0.1, 0.15) is 12.4 Å². The van der Waals surface area contributed by atoms with Crippen molar-refractivity contribution >= 4 is 28.6 Å². The zero-order chi connectivity index (χ0) is 14.4. The lowest BCUT2D eigenvalue weighted by Crippen LogP contribution is -2.21. The first-order valence-electron chi connectivity index (χ1n) is 5.81. The lowest BCUT2D eigenvalue weighted by atomic mass is 10.2. The summed E-state index contributed by atoms with van der Waals surface area (Å²) in [6.07, 6.45) is 0. The van der Waals surface area contributed by atoms with E-state index < -0.39 is 0 Å². The summed E-state index contributed by atoms with van der Waals surface area (Å²) >= 11 is 2.87. The van der Waals surface area contributed by atoms with Gasteiger partial charge in [-0.05, 0) is 11.4 Å². The number of hydrogen-bond donors (Lipinski definition) is 2. The van der Waals surface area contributed by atoms with E-state index in [1.165, 1.54) is 22.7 Å². The van der Waals surface area contributed by atoms with E-state index >= 15 is 0 Å². The molecule has 0 aliphatic rings. The van der Waals surface area contributed by atoms with E-state index in [0.29, 0.717) is 17.2 Å². The fourth-order valence-corrected chi connectivity index (χ4v) is 3.06. The van der Waals surface area contributed by atoms with Gasteiger partial charge in [-0.25, -0.2) is 0 Å². The highest BCUT2D eigenvalue weighted by atomic mass is 32.1. The van der Waals surface area contributed by atoms with Crippen LogP contribution < -0.4 is 10.1 Å². The zero-order valence-corrected chi connectivity index (χ0v) is 12.4. The minimum Gasteiger partial charge on any atom is -0.496 e. The van der Waals surface area contributed by atoms with E-state index in [2.05, 4.69) is 17.2 Å². The quantitative estimate of drug-likeness (QED) is 0.850. The van der Waals surface area contributed by atoms with Gasteiger partial charge in [-0.3, -0.25) is 4.79 Å². The van der Waals surface area contributed by atoms with Gasteiger partial charge in [0, 0.05) is 21.9 Å². The molecule has 4 nitrogen and oxygen atoms in total. The van der Waals surface area contributed by atoms with Gasteiger partial charge < -0.3 is 15.2 Å². The van der Waals surface area contributed by atoms with Crippen LogP contribution in [-0.4, -0.2) is 24.7 Å². The van der Waals surface area contributed by atoms with Gasteiger partial charge in [0.15, 0.2) is 0 Å². The maximum absolute atomic E-state index is 12.0. The number of amides is 1. The van der Waals surface area contributed by atoms with Crippen molar-refractivity contribution in [1.82, 2.24) is 5.32 Å². The summed E-state index contributed by atoms with van der Waals surface area (Å²) in [6.45, 7) is 0.253.